The largest absolute Gasteiger partial charge is 0.347 e. The molecule has 1 aliphatic rings. The highest BCUT2D eigenvalue weighted by atomic mass is 16.2. The number of aromatic nitrogens is 2. The number of anilines is 1. The minimum atomic E-state index is -0.0454. The quantitative estimate of drug-likeness (QED) is 0.737. The zero-order valence-electron chi connectivity index (χ0n) is 10.5. The van der Waals surface area contributed by atoms with Crippen LogP contribution in [-0.4, -0.2) is 47.5 Å². The number of carbonyl (C=O) groups excluding carboxylic acids is 1. The van der Waals surface area contributed by atoms with Crippen LogP contribution in [0.4, 0.5) is 5.82 Å². The van der Waals surface area contributed by atoms with Crippen molar-refractivity contribution in [3.63, 3.8) is 0 Å². The Labute approximate surface area is 107 Å². The van der Waals surface area contributed by atoms with E-state index in [0.29, 0.717) is 18.1 Å². The number of amides is 1. The zero-order chi connectivity index (χ0) is 13.0. The van der Waals surface area contributed by atoms with Crippen LogP contribution in [0.1, 0.15) is 23.3 Å². The van der Waals surface area contributed by atoms with Crippen molar-refractivity contribution < 1.29 is 4.79 Å². The second-order valence-corrected chi connectivity index (χ2v) is 4.32. The molecule has 1 fully saturated rings. The molecule has 2 rings (SSSR count). The van der Waals surface area contributed by atoms with Gasteiger partial charge < -0.3 is 9.80 Å². The van der Waals surface area contributed by atoms with Crippen molar-refractivity contribution >= 4 is 11.7 Å². The number of hydrogen-bond acceptors (Lipinski definition) is 4. The molecular weight excluding hydrogens is 228 g/mol. The fourth-order valence-electron chi connectivity index (χ4n) is 1.94. The molecule has 0 atom stereocenters. The topological polar surface area (TPSA) is 49.3 Å². The summed E-state index contributed by atoms with van der Waals surface area (Å²) >= 11 is 0. The monoisotopic (exact) mass is 244 g/mol. The van der Waals surface area contributed by atoms with Crippen molar-refractivity contribution in [2.75, 3.05) is 31.6 Å². The molecule has 94 valence electrons. The average Bonchev–Trinajstić information content (AvgIpc) is 2.92. The molecule has 0 saturated carbocycles. The molecule has 2 heterocycles. The number of carbonyl (C=O) groups is 1. The first kappa shape index (κ1) is 12.4. The molecule has 0 bridgehead atoms. The number of likely N-dealkylation sites (tertiary alicyclic amines) is 1. The number of hydrogen-bond donors (Lipinski definition) is 0. The summed E-state index contributed by atoms with van der Waals surface area (Å²) in [5, 5.41) is 0. The molecule has 0 spiro atoms. The van der Waals surface area contributed by atoms with Gasteiger partial charge in [-0.3, -0.25) is 9.78 Å². The van der Waals surface area contributed by atoms with Crippen molar-refractivity contribution in [3.8, 4) is 12.3 Å². The normalized spacial score (nSPS) is 14.3. The van der Waals surface area contributed by atoms with Crippen molar-refractivity contribution in [1.29, 1.82) is 0 Å². The van der Waals surface area contributed by atoms with Gasteiger partial charge in [0.25, 0.3) is 5.91 Å². The van der Waals surface area contributed by atoms with E-state index in [9.17, 15) is 4.79 Å². The van der Waals surface area contributed by atoms with Crippen molar-refractivity contribution in [3.05, 3.63) is 18.1 Å². The van der Waals surface area contributed by atoms with Gasteiger partial charge in [0.15, 0.2) is 0 Å². The van der Waals surface area contributed by atoms with Gasteiger partial charge in [-0.15, -0.1) is 6.42 Å². The van der Waals surface area contributed by atoms with Crippen LogP contribution < -0.4 is 4.90 Å². The lowest BCUT2D eigenvalue weighted by atomic mass is 10.4. The highest BCUT2D eigenvalue weighted by molar-refractivity contribution is 5.92. The summed E-state index contributed by atoms with van der Waals surface area (Å²) in [5.74, 6) is 3.11. The third kappa shape index (κ3) is 2.59. The lowest BCUT2D eigenvalue weighted by Gasteiger charge is -2.17. The molecular formula is C13H16N4O. The van der Waals surface area contributed by atoms with Gasteiger partial charge in [0.1, 0.15) is 11.5 Å². The summed E-state index contributed by atoms with van der Waals surface area (Å²) < 4.78 is 0. The molecule has 5 nitrogen and oxygen atoms in total. The maximum atomic E-state index is 12.1. The van der Waals surface area contributed by atoms with Crippen molar-refractivity contribution in [2.24, 2.45) is 0 Å². The Hall–Kier alpha value is -2.09. The molecule has 1 aliphatic heterocycles. The summed E-state index contributed by atoms with van der Waals surface area (Å²) in [7, 11) is 1.83. The highest BCUT2D eigenvalue weighted by Crippen LogP contribution is 2.13. The van der Waals surface area contributed by atoms with Crippen LogP contribution >= 0.6 is 0 Å². The van der Waals surface area contributed by atoms with E-state index in [1.54, 1.807) is 11.1 Å². The fraction of sp³-hybridized carbons (Fsp3) is 0.462. The Kier molecular flexibility index (Phi) is 3.78. The second-order valence-electron chi connectivity index (χ2n) is 4.32. The predicted octanol–water partition coefficient (Wildman–Crippen LogP) is 0.782. The Morgan fingerprint density at radius 3 is 2.89 bits per heavy atom. The first-order chi connectivity index (χ1) is 8.72. The van der Waals surface area contributed by atoms with Crippen molar-refractivity contribution in [2.45, 2.75) is 12.8 Å². The van der Waals surface area contributed by atoms with Gasteiger partial charge >= 0.3 is 0 Å². The lowest BCUT2D eigenvalue weighted by molar-refractivity contribution is 0.0786. The standard InChI is InChI=1S/C13H16N4O/c1-3-6-16(2)12-10-14-9-11(15-12)13(18)17-7-4-5-8-17/h1,9-10H,4-8H2,2H3. The van der Waals surface area contributed by atoms with E-state index in [-0.39, 0.29) is 5.91 Å². The van der Waals surface area contributed by atoms with Gasteiger partial charge in [0.2, 0.25) is 0 Å². The molecule has 1 saturated heterocycles. The van der Waals surface area contributed by atoms with Gasteiger partial charge in [0, 0.05) is 20.1 Å². The molecule has 1 amide bonds. The Morgan fingerprint density at radius 1 is 1.50 bits per heavy atom. The molecule has 0 aliphatic carbocycles. The van der Waals surface area contributed by atoms with Crippen LogP contribution in [0, 0.1) is 12.3 Å². The van der Waals surface area contributed by atoms with Gasteiger partial charge in [0.05, 0.1) is 18.9 Å². The Bertz CT molecular complexity index is 474. The SMILES string of the molecule is C#CCN(C)c1cncc(C(=O)N2CCCC2)n1. The third-order valence-electron chi connectivity index (χ3n) is 2.95. The maximum Gasteiger partial charge on any atom is 0.274 e. The van der Waals surface area contributed by atoms with E-state index in [0.717, 1.165) is 25.9 Å². The summed E-state index contributed by atoms with van der Waals surface area (Å²) in [6.45, 7) is 2.06. The molecule has 1 aromatic rings. The molecule has 0 unspecified atom stereocenters. The van der Waals surface area contributed by atoms with Crippen LogP contribution in [0.25, 0.3) is 0 Å². The van der Waals surface area contributed by atoms with Gasteiger partial charge in [-0.25, -0.2) is 4.98 Å². The maximum absolute atomic E-state index is 12.1. The van der Waals surface area contributed by atoms with E-state index in [2.05, 4.69) is 15.9 Å². The van der Waals surface area contributed by atoms with Gasteiger partial charge in [-0.1, -0.05) is 5.92 Å². The van der Waals surface area contributed by atoms with E-state index >= 15 is 0 Å². The van der Waals surface area contributed by atoms with Crippen LogP contribution in [0.15, 0.2) is 12.4 Å². The Morgan fingerprint density at radius 2 is 2.22 bits per heavy atom. The van der Waals surface area contributed by atoms with E-state index in [4.69, 9.17) is 6.42 Å². The number of nitrogens with zero attached hydrogens (tertiary/aromatic N) is 4. The smallest absolute Gasteiger partial charge is 0.274 e. The molecule has 5 heteroatoms. The van der Waals surface area contributed by atoms with Crippen LogP contribution in [0.2, 0.25) is 0 Å². The van der Waals surface area contributed by atoms with Crippen LogP contribution in [0.3, 0.4) is 0 Å². The summed E-state index contributed by atoms with van der Waals surface area (Å²) in [6, 6.07) is 0. The zero-order valence-corrected chi connectivity index (χ0v) is 10.5. The average molecular weight is 244 g/mol. The molecule has 0 aromatic carbocycles. The number of rotatable bonds is 3. The third-order valence-corrected chi connectivity index (χ3v) is 2.95. The van der Waals surface area contributed by atoms with E-state index in [1.807, 2.05) is 11.9 Å². The molecule has 18 heavy (non-hydrogen) atoms. The first-order valence-corrected chi connectivity index (χ1v) is 5.98. The summed E-state index contributed by atoms with van der Waals surface area (Å²) in [5.41, 5.74) is 0.387. The van der Waals surface area contributed by atoms with Crippen LogP contribution in [-0.2, 0) is 0 Å². The Balaban J connectivity index is 2.16. The number of terminal acetylenes is 1. The van der Waals surface area contributed by atoms with E-state index < -0.39 is 0 Å². The minimum absolute atomic E-state index is 0.0454. The van der Waals surface area contributed by atoms with Gasteiger partial charge in [-0.2, -0.15) is 0 Å². The highest BCUT2D eigenvalue weighted by Gasteiger charge is 2.21. The predicted molar refractivity (Wildman–Crippen MR) is 69.3 cm³/mol. The molecule has 0 N–H and O–H groups in total. The molecule has 1 aromatic heterocycles. The van der Waals surface area contributed by atoms with E-state index in [1.165, 1.54) is 6.20 Å². The summed E-state index contributed by atoms with van der Waals surface area (Å²) in [6.07, 6.45) is 10.5. The fourth-order valence-corrected chi connectivity index (χ4v) is 1.94. The van der Waals surface area contributed by atoms with Crippen LogP contribution in [0.5, 0.6) is 0 Å². The van der Waals surface area contributed by atoms with Crippen molar-refractivity contribution in [1.82, 2.24) is 14.9 Å². The van der Waals surface area contributed by atoms with Gasteiger partial charge in [-0.05, 0) is 12.8 Å². The minimum Gasteiger partial charge on any atom is -0.347 e. The summed E-state index contributed by atoms with van der Waals surface area (Å²) in [4.78, 5) is 24.1. The second kappa shape index (κ2) is 5.50. The molecule has 0 radical (unpaired) electrons. The lowest BCUT2D eigenvalue weighted by Crippen LogP contribution is -2.29. The first-order valence-electron chi connectivity index (χ1n) is 5.98.